The highest BCUT2D eigenvalue weighted by molar-refractivity contribution is 6.30. The van der Waals surface area contributed by atoms with Gasteiger partial charge in [-0.1, -0.05) is 72.2 Å². The summed E-state index contributed by atoms with van der Waals surface area (Å²) in [6.45, 7) is 23.2. The zero-order valence-corrected chi connectivity index (χ0v) is 39.4. The van der Waals surface area contributed by atoms with E-state index in [2.05, 4.69) is 53.8 Å². The molecule has 5 aliphatic rings. The van der Waals surface area contributed by atoms with Crippen LogP contribution in [0.1, 0.15) is 152 Å². The predicted octanol–water partition coefficient (Wildman–Crippen LogP) is 10.2. The second-order valence-electron chi connectivity index (χ2n) is 22.7. The van der Waals surface area contributed by atoms with Crippen LogP contribution in [0.25, 0.3) is 0 Å². The van der Waals surface area contributed by atoms with Gasteiger partial charge in [0.25, 0.3) is 0 Å². The Hall–Kier alpha value is -3.24. The van der Waals surface area contributed by atoms with E-state index in [1.54, 1.807) is 13.8 Å². The zero-order valence-electron chi connectivity index (χ0n) is 38.6. The minimum atomic E-state index is -1.32. The molecule has 0 spiro atoms. The van der Waals surface area contributed by atoms with Gasteiger partial charge in [-0.2, -0.15) is 0 Å². The van der Waals surface area contributed by atoms with Crippen molar-refractivity contribution in [3.63, 3.8) is 0 Å². The lowest BCUT2D eigenvalue weighted by Gasteiger charge is -2.72. The molecule has 0 radical (unpaired) electrons. The van der Waals surface area contributed by atoms with Gasteiger partial charge in [-0.15, -0.1) is 0 Å². The van der Waals surface area contributed by atoms with Gasteiger partial charge < -0.3 is 25.0 Å². The third-order valence-corrected chi connectivity index (χ3v) is 17.7. The Balaban J connectivity index is 1.33. The molecule has 0 aromatic heterocycles. The number of hydrogen-bond acceptors (Lipinski definition) is 8. The normalized spacial score (nSPS) is 33.8. The van der Waals surface area contributed by atoms with Crippen molar-refractivity contribution in [2.45, 2.75) is 166 Å². The maximum Gasteiger partial charge on any atom is 0.309 e. The van der Waals surface area contributed by atoms with Gasteiger partial charge >= 0.3 is 23.9 Å². The Morgan fingerprint density at radius 2 is 1.41 bits per heavy atom. The number of carbonyl (C=O) groups is 5. The molecular weight excluding hydrogens is 794 g/mol. The molecule has 1 aromatic rings. The molecule has 3 N–H and O–H groups in total. The van der Waals surface area contributed by atoms with Crippen molar-refractivity contribution in [3.8, 4) is 0 Å². The summed E-state index contributed by atoms with van der Waals surface area (Å²) in [7, 11) is 0. The number of halogens is 1. The Labute approximate surface area is 368 Å². The summed E-state index contributed by atoms with van der Waals surface area (Å²) >= 11 is 6.18. The summed E-state index contributed by atoms with van der Waals surface area (Å²) in [6.07, 6.45) is 5.87. The highest BCUT2D eigenvalue weighted by atomic mass is 35.5. The van der Waals surface area contributed by atoms with Crippen LogP contribution in [0.4, 0.5) is 0 Å². The van der Waals surface area contributed by atoms with Gasteiger partial charge in [0.05, 0.1) is 23.7 Å². The summed E-state index contributed by atoms with van der Waals surface area (Å²) in [5.41, 5.74) is -0.716. The van der Waals surface area contributed by atoms with Gasteiger partial charge in [0.15, 0.2) is 5.78 Å². The third kappa shape index (κ3) is 8.12. The van der Waals surface area contributed by atoms with Crippen molar-refractivity contribution in [2.24, 2.45) is 61.6 Å². The first-order valence-corrected chi connectivity index (χ1v) is 23.1. The van der Waals surface area contributed by atoms with Gasteiger partial charge in [0, 0.05) is 35.4 Å². The molecule has 6 rings (SSSR count). The second-order valence-corrected chi connectivity index (χ2v) is 23.1. The molecule has 10 nitrogen and oxygen atoms in total. The van der Waals surface area contributed by atoms with Crippen LogP contribution < -0.4 is 5.32 Å². The first-order chi connectivity index (χ1) is 28.2. The van der Waals surface area contributed by atoms with Gasteiger partial charge in [0.1, 0.15) is 12.2 Å². The van der Waals surface area contributed by atoms with Crippen molar-refractivity contribution < 1.29 is 43.7 Å². The number of hydrogen-bond donors (Lipinski definition) is 3. The number of benzene rings is 1. The van der Waals surface area contributed by atoms with E-state index in [1.165, 1.54) is 19.4 Å². The van der Waals surface area contributed by atoms with Crippen molar-refractivity contribution in [3.05, 3.63) is 46.0 Å². The zero-order chi connectivity index (χ0) is 45.3. The van der Waals surface area contributed by atoms with Gasteiger partial charge in [-0.3, -0.25) is 24.0 Å². The fraction of sp³-hybridized carbons (Fsp3) is 0.740. The average Bonchev–Trinajstić information content (AvgIpc) is 3.46. The molecule has 11 heteroatoms. The number of fused-ring (bicyclic) bond motifs is 7. The van der Waals surface area contributed by atoms with Crippen LogP contribution in [0.15, 0.2) is 35.4 Å². The monoisotopic (exact) mass is 865 g/mol. The number of ether oxygens (including phenoxy) is 2. The molecule has 4 saturated carbocycles. The van der Waals surface area contributed by atoms with Gasteiger partial charge in [-0.05, 0) is 148 Å². The summed E-state index contributed by atoms with van der Waals surface area (Å²) in [5, 5.41) is 23.8. The SMILES string of the molecule is CC(C)C1=C2[C@H]3CC[C@@H]4[C@@]5(C)CC[C@H](OC(=O)CC(C)(C)C(=O)O)C(C)(C)[C@@H]5CC[C@@]4(C)[C@]3(C)CCC2([C@H](CNCc2ccc(Cl)cc2)OC(=O)CC(C)(C)C(=O)O)CC1=O. The number of Topliss-reactive ketones (excluding diaryl/α,β-unsaturated/α-hetero) is 1. The highest BCUT2D eigenvalue weighted by Gasteiger charge is 2.71. The molecule has 9 atom stereocenters. The standard InChI is InChI=1S/C50H72ClNO9/c1-29(2)40-33(53)24-50(37(61-39(55)26-45(5,6)43(58)59)28-52-27-30-12-14-31(51)15-13-30)23-22-48(10)32(41(40)50)16-17-35-47(9)20-19-36(60-38(54)25-44(3,4)42(56)57)46(7,8)34(47)18-21-49(35,48)11/h12-15,29,32,34-37,52H,16-28H2,1-11H3,(H,56,57)(H,58,59)/t32-,34+,35-,36+,37+,47+,48-,49-,50?/m1/s1. The molecule has 5 aliphatic carbocycles. The summed E-state index contributed by atoms with van der Waals surface area (Å²) in [6, 6.07) is 7.59. The summed E-state index contributed by atoms with van der Waals surface area (Å²) in [5.74, 6) is -2.22. The summed E-state index contributed by atoms with van der Waals surface area (Å²) in [4.78, 5) is 65.5. The smallest absolute Gasteiger partial charge is 0.309 e. The van der Waals surface area contributed by atoms with Crippen LogP contribution in [-0.4, -0.2) is 58.6 Å². The molecule has 1 aromatic carbocycles. The van der Waals surface area contributed by atoms with Crippen LogP contribution >= 0.6 is 11.6 Å². The van der Waals surface area contributed by atoms with E-state index < -0.39 is 46.2 Å². The largest absolute Gasteiger partial charge is 0.481 e. The Bertz CT molecular complexity index is 1950. The fourth-order valence-electron chi connectivity index (χ4n) is 13.8. The van der Waals surface area contributed by atoms with Gasteiger partial charge in [0.2, 0.25) is 0 Å². The molecule has 0 bridgehead atoms. The Kier molecular flexibility index (Phi) is 12.7. The van der Waals surface area contributed by atoms with E-state index in [0.29, 0.717) is 36.4 Å². The maximum atomic E-state index is 14.5. The number of aliphatic carboxylic acids is 2. The molecule has 0 heterocycles. The lowest BCUT2D eigenvalue weighted by Crippen LogP contribution is -2.66. The molecular formula is C50H72ClNO9. The van der Waals surface area contributed by atoms with Crippen molar-refractivity contribution in [1.82, 2.24) is 5.32 Å². The van der Waals surface area contributed by atoms with E-state index in [-0.39, 0.29) is 64.6 Å². The van der Waals surface area contributed by atoms with Gasteiger partial charge in [-0.25, -0.2) is 0 Å². The van der Waals surface area contributed by atoms with Crippen LogP contribution in [-0.2, 0) is 40.0 Å². The minimum absolute atomic E-state index is 0.0188. The molecule has 61 heavy (non-hydrogen) atoms. The first kappa shape index (κ1) is 47.2. The lowest BCUT2D eigenvalue weighted by atomic mass is 9.33. The molecule has 0 aliphatic heterocycles. The van der Waals surface area contributed by atoms with Crippen molar-refractivity contribution in [2.75, 3.05) is 6.54 Å². The maximum absolute atomic E-state index is 14.5. The van der Waals surface area contributed by atoms with E-state index in [4.69, 9.17) is 21.1 Å². The topological polar surface area (TPSA) is 156 Å². The predicted molar refractivity (Wildman–Crippen MR) is 234 cm³/mol. The number of nitrogens with one attached hydrogen (secondary N) is 1. The number of carboxylic acid groups (broad SMARTS) is 2. The molecule has 1 unspecified atom stereocenters. The van der Waals surface area contributed by atoms with Crippen LogP contribution in [0.5, 0.6) is 0 Å². The number of carboxylic acids is 2. The van der Waals surface area contributed by atoms with Crippen LogP contribution in [0, 0.1) is 61.6 Å². The van der Waals surface area contributed by atoms with Crippen molar-refractivity contribution >= 4 is 41.3 Å². The van der Waals surface area contributed by atoms with Crippen molar-refractivity contribution in [1.29, 1.82) is 0 Å². The third-order valence-electron chi connectivity index (χ3n) is 17.5. The first-order valence-electron chi connectivity index (χ1n) is 22.7. The van der Waals surface area contributed by atoms with E-state index in [9.17, 15) is 34.2 Å². The lowest BCUT2D eigenvalue weighted by molar-refractivity contribution is -0.235. The number of ketones is 1. The minimum Gasteiger partial charge on any atom is -0.481 e. The molecule has 0 amide bonds. The quantitative estimate of drug-likeness (QED) is 0.154. The van der Waals surface area contributed by atoms with Crippen LogP contribution in [0.2, 0.25) is 5.02 Å². The van der Waals surface area contributed by atoms with E-state index in [1.807, 2.05) is 24.3 Å². The number of allylic oxidation sites excluding steroid dienone is 1. The number of rotatable bonds is 14. The average molecular weight is 867 g/mol. The summed E-state index contributed by atoms with van der Waals surface area (Å²) < 4.78 is 12.7. The second kappa shape index (κ2) is 16.4. The Morgan fingerprint density at radius 1 is 0.803 bits per heavy atom. The molecule has 4 fully saturated rings. The Morgan fingerprint density at radius 3 is 2.00 bits per heavy atom. The number of esters is 2. The highest BCUT2D eigenvalue weighted by Crippen LogP contribution is 2.77. The van der Waals surface area contributed by atoms with E-state index >= 15 is 0 Å². The van der Waals surface area contributed by atoms with Crippen LogP contribution in [0.3, 0.4) is 0 Å². The fourth-order valence-corrected chi connectivity index (χ4v) is 14.0. The molecule has 0 saturated heterocycles. The number of carbonyl (C=O) groups excluding carboxylic acids is 3. The van der Waals surface area contributed by atoms with E-state index in [0.717, 1.165) is 56.1 Å². The molecule has 338 valence electrons.